The number of carbonyl (C=O) groups excluding carboxylic acids is 2. The van der Waals surface area contributed by atoms with Gasteiger partial charge in [0.25, 0.3) is 0 Å². The molecule has 2 aliphatic heterocycles. The van der Waals surface area contributed by atoms with Crippen molar-refractivity contribution in [2.75, 3.05) is 33.3 Å². The number of likely N-dealkylation sites (N-methyl/N-ethyl adjacent to an activating group) is 1. The molecule has 0 aromatic heterocycles. The minimum absolute atomic E-state index is 0.0163. The fourth-order valence-corrected chi connectivity index (χ4v) is 3.14. The van der Waals surface area contributed by atoms with Crippen LogP contribution < -0.4 is 5.32 Å². The Morgan fingerprint density at radius 3 is 2.67 bits per heavy atom. The van der Waals surface area contributed by atoms with E-state index in [-0.39, 0.29) is 23.8 Å². The number of rotatable bonds is 4. The Morgan fingerprint density at radius 2 is 2.10 bits per heavy atom. The molecule has 1 N–H and O–H groups in total. The molecular formula is C15H27N3O3. The number of carbonyl (C=O) groups is 2. The summed E-state index contributed by atoms with van der Waals surface area (Å²) in [7, 11) is 2.05. The molecule has 2 fully saturated rings. The van der Waals surface area contributed by atoms with Gasteiger partial charge in [-0.25, -0.2) is 0 Å². The monoisotopic (exact) mass is 297 g/mol. The lowest BCUT2D eigenvalue weighted by Gasteiger charge is -2.43. The Balaban J connectivity index is 2.13. The summed E-state index contributed by atoms with van der Waals surface area (Å²) in [5.41, 5.74) is 0. The van der Waals surface area contributed by atoms with Gasteiger partial charge in [0, 0.05) is 19.6 Å². The lowest BCUT2D eigenvalue weighted by Crippen LogP contribution is -2.66. The van der Waals surface area contributed by atoms with Crippen LogP contribution >= 0.6 is 0 Å². The molecule has 0 bridgehead atoms. The number of nitrogens with zero attached hydrogens (tertiary/aromatic N) is 2. The zero-order valence-electron chi connectivity index (χ0n) is 13.5. The first-order chi connectivity index (χ1) is 9.93. The fourth-order valence-electron chi connectivity index (χ4n) is 3.14. The molecule has 0 radical (unpaired) electrons. The molecule has 0 spiro atoms. The molecule has 0 aliphatic carbocycles. The second-order valence-electron chi connectivity index (χ2n) is 6.40. The van der Waals surface area contributed by atoms with E-state index in [2.05, 4.69) is 17.3 Å². The highest BCUT2D eigenvalue weighted by Crippen LogP contribution is 2.20. The van der Waals surface area contributed by atoms with Crippen molar-refractivity contribution in [2.24, 2.45) is 5.92 Å². The molecule has 2 saturated heterocycles. The van der Waals surface area contributed by atoms with E-state index in [1.807, 2.05) is 20.8 Å². The van der Waals surface area contributed by atoms with Gasteiger partial charge >= 0.3 is 0 Å². The first kappa shape index (κ1) is 16.2. The van der Waals surface area contributed by atoms with E-state index in [9.17, 15) is 9.59 Å². The van der Waals surface area contributed by atoms with Crippen LogP contribution in [0.25, 0.3) is 0 Å². The second-order valence-corrected chi connectivity index (χ2v) is 6.40. The third kappa shape index (κ3) is 3.55. The van der Waals surface area contributed by atoms with Crippen LogP contribution in [0.4, 0.5) is 0 Å². The van der Waals surface area contributed by atoms with Crippen LogP contribution in [-0.2, 0) is 14.3 Å². The molecule has 6 nitrogen and oxygen atoms in total. The Labute approximate surface area is 126 Å². The van der Waals surface area contributed by atoms with Gasteiger partial charge in [0.05, 0.1) is 12.7 Å². The molecule has 0 saturated carbocycles. The van der Waals surface area contributed by atoms with Crippen molar-refractivity contribution in [1.82, 2.24) is 15.1 Å². The maximum atomic E-state index is 12.6. The van der Waals surface area contributed by atoms with Gasteiger partial charge in [0.2, 0.25) is 11.8 Å². The number of morpholine rings is 1. The number of nitrogens with one attached hydrogen (secondary N) is 1. The number of hydrogen-bond donors (Lipinski definition) is 1. The molecule has 2 rings (SSSR count). The first-order valence-electron chi connectivity index (χ1n) is 7.85. The molecule has 3 unspecified atom stereocenters. The lowest BCUT2D eigenvalue weighted by molar-refractivity contribution is -0.154. The van der Waals surface area contributed by atoms with Crippen molar-refractivity contribution >= 4 is 11.8 Å². The van der Waals surface area contributed by atoms with Crippen LogP contribution in [0.1, 0.15) is 27.2 Å². The van der Waals surface area contributed by atoms with Crippen molar-refractivity contribution < 1.29 is 14.3 Å². The number of piperazine rings is 1. The highest BCUT2D eigenvalue weighted by molar-refractivity contribution is 5.97. The van der Waals surface area contributed by atoms with E-state index < -0.39 is 12.1 Å². The van der Waals surface area contributed by atoms with Crippen molar-refractivity contribution in [2.45, 2.75) is 45.4 Å². The van der Waals surface area contributed by atoms with Gasteiger partial charge < -0.3 is 19.9 Å². The first-order valence-corrected chi connectivity index (χ1v) is 7.85. The van der Waals surface area contributed by atoms with Gasteiger partial charge in [-0.1, -0.05) is 20.8 Å². The van der Waals surface area contributed by atoms with Crippen molar-refractivity contribution in [3.05, 3.63) is 0 Å². The van der Waals surface area contributed by atoms with E-state index in [1.54, 1.807) is 4.90 Å². The van der Waals surface area contributed by atoms with Gasteiger partial charge in [0.15, 0.2) is 0 Å². The van der Waals surface area contributed by atoms with Crippen molar-refractivity contribution in [1.29, 1.82) is 0 Å². The predicted octanol–water partition coefficient (Wildman–Crippen LogP) is 0.0786. The molecule has 0 aromatic rings. The maximum absolute atomic E-state index is 12.6. The Hall–Kier alpha value is -1.14. The molecule has 0 aromatic carbocycles. The molecule has 120 valence electrons. The average molecular weight is 297 g/mol. The molecule has 21 heavy (non-hydrogen) atoms. The van der Waals surface area contributed by atoms with Crippen LogP contribution in [0.2, 0.25) is 0 Å². The van der Waals surface area contributed by atoms with Gasteiger partial charge in [-0.05, 0) is 19.4 Å². The molecule has 3 atom stereocenters. The summed E-state index contributed by atoms with van der Waals surface area (Å²) in [6.07, 6.45) is 0.606. The topological polar surface area (TPSA) is 61.9 Å². The SMILES string of the molecule is CCC1NC(=O)C(C(C)C)N(CC2CN(C)CCO2)C1=O. The van der Waals surface area contributed by atoms with Crippen LogP contribution in [0.3, 0.4) is 0 Å². The predicted molar refractivity (Wildman–Crippen MR) is 79.8 cm³/mol. The van der Waals surface area contributed by atoms with Crippen LogP contribution in [0, 0.1) is 5.92 Å². The highest BCUT2D eigenvalue weighted by atomic mass is 16.5. The van der Waals surface area contributed by atoms with Crippen LogP contribution in [-0.4, -0.2) is 73.1 Å². The van der Waals surface area contributed by atoms with Crippen molar-refractivity contribution in [3.8, 4) is 0 Å². The minimum Gasteiger partial charge on any atom is -0.374 e. The minimum atomic E-state index is -0.395. The normalized spacial score (nSPS) is 31.7. The summed E-state index contributed by atoms with van der Waals surface area (Å²) >= 11 is 0. The van der Waals surface area contributed by atoms with Gasteiger partial charge in [-0.3, -0.25) is 9.59 Å². The highest BCUT2D eigenvalue weighted by Gasteiger charge is 2.42. The zero-order chi connectivity index (χ0) is 15.6. The Morgan fingerprint density at radius 1 is 1.38 bits per heavy atom. The molecule has 2 aliphatic rings. The van der Waals surface area contributed by atoms with E-state index in [0.29, 0.717) is 19.6 Å². The summed E-state index contributed by atoms with van der Waals surface area (Å²) in [6, 6.07) is -0.787. The average Bonchev–Trinajstić information content (AvgIpc) is 2.42. The van der Waals surface area contributed by atoms with Crippen molar-refractivity contribution in [3.63, 3.8) is 0 Å². The van der Waals surface area contributed by atoms with Gasteiger partial charge in [-0.2, -0.15) is 0 Å². The quantitative estimate of drug-likeness (QED) is 0.798. The van der Waals surface area contributed by atoms with Gasteiger partial charge in [-0.15, -0.1) is 0 Å². The number of hydrogen-bond acceptors (Lipinski definition) is 4. The molecular weight excluding hydrogens is 270 g/mol. The molecule has 2 amide bonds. The smallest absolute Gasteiger partial charge is 0.245 e. The summed E-state index contributed by atoms with van der Waals surface area (Å²) < 4.78 is 5.76. The number of amides is 2. The standard InChI is InChI=1S/C15H27N3O3/c1-5-12-15(20)18(13(10(2)3)14(19)16-12)9-11-8-17(4)6-7-21-11/h10-13H,5-9H2,1-4H3,(H,16,19). The van der Waals surface area contributed by atoms with E-state index in [0.717, 1.165) is 13.1 Å². The fraction of sp³-hybridized carbons (Fsp3) is 0.867. The third-order valence-corrected chi connectivity index (χ3v) is 4.28. The summed E-state index contributed by atoms with van der Waals surface area (Å²) in [5.74, 6) is 0.0707. The second kappa shape index (κ2) is 6.75. The Bertz CT molecular complexity index is 400. The van der Waals surface area contributed by atoms with Crippen LogP contribution in [0.15, 0.2) is 0 Å². The Kier molecular flexibility index (Phi) is 5.22. The summed E-state index contributed by atoms with van der Waals surface area (Å²) in [4.78, 5) is 28.9. The molecule has 6 heteroatoms. The maximum Gasteiger partial charge on any atom is 0.245 e. The largest absolute Gasteiger partial charge is 0.374 e. The lowest BCUT2D eigenvalue weighted by atomic mass is 9.95. The summed E-state index contributed by atoms with van der Waals surface area (Å²) in [6.45, 7) is 8.76. The van der Waals surface area contributed by atoms with Crippen LogP contribution in [0.5, 0.6) is 0 Å². The van der Waals surface area contributed by atoms with Gasteiger partial charge in [0.1, 0.15) is 12.1 Å². The number of ether oxygens (including phenoxy) is 1. The van der Waals surface area contributed by atoms with E-state index >= 15 is 0 Å². The zero-order valence-corrected chi connectivity index (χ0v) is 13.5. The van der Waals surface area contributed by atoms with E-state index in [1.165, 1.54) is 0 Å². The molecule has 2 heterocycles. The summed E-state index contributed by atoms with van der Waals surface area (Å²) in [5, 5.41) is 2.84. The van der Waals surface area contributed by atoms with E-state index in [4.69, 9.17) is 4.74 Å². The third-order valence-electron chi connectivity index (χ3n) is 4.28.